The van der Waals surface area contributed by atoms with Crippen molar-refractivity contribution in [3.8, 4) is 6.07 Å². The number of benzene rings is 1. The smallest absolute Gasteiger partial charge is 0.248 e. The molecule has 1 aliphatic carbocycles. The maximum absolute atomic E-state index is 12.2. The monoisotopic (exact) mass is 513 g/mol. The van der Waals surface area contributed by atoms with Gasteiger partial charge < -0.3 is 5.32 Å². The van der Waals surface area contributed by atoms with Crippen LogP contribution >= 0.6 is 11.3 Å². The van der Waals surface area contributed by atoms with Crippen LogP contribution in [-0.2, 0) is 4.79 Å². The van der Waals surface area contributed by atoms with Gasteiger partial charge in [-0.15, -0.1) is 11.3 Å². The molecule has 0 bridgehead atoms. The molecule has 0 saturated carbocycles. The molecular formula is C32H39N3OS. The zero-order valence-electron chi connectivity index (χ0n) is 23.1. The van der Waals surface area contributed by atoms with Gasteiger partial charge in [0.2, 0.25) is 5.91 Å². The summed E-state index contributed by atoms with van der Waals surface area (Å²) in [6.45, 7) is 14.8. The van der Waals surface area contributed by atoms with Gasteiger partial charge in [0.25, 0.3) is 0 Å². The molecule has 4 nitrogen and oxygen atoms in total. The molecule has 0 spiro atoms. The van der Waals surface area contributed by atoms with Crippen LogP contribution in [0, 0.1) is 16.7 Å². The van der Waals surface area contributed by atoms with Crippen molar-refractivity contribution in [2.75, 3.05) is 5.32 Å². The Labute approximate surface area is 226 Å². The van der Waals surface area contributed by atoms with Gasteiger partial charge in [0, 0.05) is 23.1 Å². The maximum atomic E-state index is 12.2. The maximum Gasteiger partial charge on any atom is 0.248 e. The average molecular weight is 514 g/mol. The van der Waals surface area contributed by atoms with E-state index < -0.39 is 0 Å². The fourth-order valence-corrected chi connectivity index (χ4v) is 5.04. The first-order valence-corrected chi connectivity index (χ1v) is 13.7. The zero-order valence-corrected chi connectivity index (χ0v) is 23.9. The number of amides is 1. The number of rotatable bonds is 7. The molecule has 1 heterocycles. The van der Waals surface area contributed by atoms with E-state index in [1.165, 1.54) is 22.5 Å². The predicted molar refractivity (Wildman–Crippen MR) is 157 cm³/mol. The van der Waals surface area contributed by atoms with Crippen molar-refractivity contribution >= 4 is 22.9 Å². The third kappa shape index (κ3) is 8.84. The van der Waals surface area contributed by atoms with E-state index in [1.54, 1.807) is 6.08 Å². The lowest BCUT2D eigenvalue weighted by atomic mass is 9.68. The van der Waals surface area contributed by atoms with E-state index in [0.717, 1.165) is 35.4 Å². The number of nitrogens with zero attached hydrogens (tertiary/aromatic N) is 2. The second-order valence-corrected chi connectivity index (χ2v) is 10.5. The molecule has 0 fully saturated rings. The first kappa shape index (κ1) is 29.7. The SMILES string of the molecule is CC.CC1=C(/C=C/C(C)=C/C=C/C(C)=C\C(=O)Nc2ccccc2)C(C)(C)CCC1c1csc(C#N)n1. The van der Waals surface area contributed by atoms with Gasteiger partial charge in [-0.1, -0.05) is 87.4 Å². The molecule has 1 aromatic carbocycles. The van der Waals surface area contributed by atoms with Crippen LogP contribution in [0.5, 0.6) is 0 Å². The number of thiazole rings is 1. The van der Waals surface area contributed by atoms with E-state index in [2.05, 4.69) is 56.2 Å². The number of nitrogens with one attached hydrogen (secondary N) is 1. The number of para-hydroxylation sites is 1. The number of allylic oxidation sites excluding steroid dienone is 9. The lowest BCUT2D eigenvalue weighted by Gasteiger charge is -2.37. The molecule has 2 aromatic rings. The lowest BCUT2D eigenvalue weighted by molar-refractivity contribution is -0.111. The topological polar surface area (TPSA) is 65.8 Å². The minimum atomic E-state index is -0.141. The van der Waals surface area contributed by atoms with Gasteiger partial charge in [0.15, 0.2) is 5.01 Å². The van der Waals surface area contributed by atoms with E-state index in [4.69, 9.17) is 5.26 Å². The molecule has 0 radical (unpaired) electrons. The van der Waals surface area contributed by atoms with E-state index >= 15 is 0 Å². The molecule has 37 heavy (non-hydrogen) atoms. The van der Waals surface area contributed by atoms with Gasteiger partial charge in [-0.3, -0.25) is 4.79 Å². The molecule has 1 N–H and O–H groups in total. The molecule has 5 heteroatoms. The van der Waals surface area contributed by atoms with Crippen molar-refractivity contribution in [3.63, 3.8) is 0 Å². The Kier molecular flexibility index (Phi) is 11.5. The average Bonchev–Trinajstić information content (AvgIpc) is 3.34. The molecule has 1 unspecified atom stereocenters. The highest BCUT2D eigenvalue weighted by molar-refractivity contribution is 7.10. The molecule has 1 aromatic heterocycles. The number of nitriles is 1. The van der Waals surface area contributed by atoms with E-state index in [-0.39, 0.29) is 17.2 Å². The van der Waals surface area contributed by atoms with Crippen LogP contribution < -0.4 is 5.32 Å². The number of hydrogen-bond acceptors (Lipinski definition) is 4. The summed E-state index contributed by atoms with van der Waals surface area (Å²) in [6.07, 6.45) is 14.0. The number of carbonyl (C=O) groups is 1. The Balaban J connectivity index is 0.00000235. The van der Waals surface area contributed by atoms with Crippen molar-refractivity contribution in [3.05, 3.63) is 105 Å². The summed E-state index contributed by atoms with van der Waals surface area (Å²) in [7, 11) is 0. The zero-order chi connectivity index (χ0) is 27.4. The highest BCUT2D eigenvalue weighted by Crippen LogP contribution is 2.47. The third-order valence-electron chi connectivity index (χ3n) is 6.34. The Bertz CT molecular complexity index is 1250. The van der Waals surface area contributed by atoms with Crippen LogP contribution in [0.2, 0.25) is 0 Å². The van der Waals surface area contributed by atoms with Gasteiger partial charge in [0.1, 0.15) is 6.07 Å². The van der Waals surface area contributed by atoms with Gasteiger partial charge in [0.05, 0.1) is 5.69 Å². The van der Waals surface area contributed by atoms with Crippen LogP contribution in [0.1, 0.15) is 77.9 Å². The van der Waals surface area contributed by atoms with Gasteiger partial charge in [-0.25, -0.2) is 4.98 Å². The van der Waals surface area contributed by atoms with Crippen molar-refractivity contribution in [2.24, 2.45) is 5.41 Å². The summed E-state index contributed by atoms with van der Waals surface area (Å²) in [4.78, 5) is 16.7. The summed E-state index contributed by atoms with van der Waals surface area (Å²) in [5.41, 5.74) is 6.56. The fraction of sp³-hybridized carbons (Fsp3) is 0.344. The third-order valence-corrected chi connectivity index (χ3v) is 7.11. The largest absolute Gasteiger partial charge is 0.323 e. The van der Waals surface area contributed by atoms with Crippen LogP contribution in [0.4, 0.5) is 5.69 Å². The summed E-state index contributed by atoms with van der Waals surface area (Å²) in [5, 5.41) is 14.6. The van der Waals surface area contributed by atoms with E-state index in [9.17, 15) is 4.79 Å². The number of carbonyl (C=O) groups excluding carboxylic acids is 1. The van der Waals surface area contributed by atoms with Crippen molar-refractivity contribution in [2.45, 2.75) is 67.2 Å². The van der Waals surface area contributed by atoms with Gasteiger partial charge in [-0.2, -0.15) is 5.26 Å². The highest BCUT2D eigenvalue weighted by Gasteiger charge is 2.33. The summed E-state index contributed by atoms with van der Waals surface area (Å²) < 4.78 is 0. The van der Waals surface area contributed by atoms with E-state index in [1.807, 2.05) is 74.7 Å². The molecule has 0 aliphatic heterocycles. The summed E-state index contributed by atoms with van der Waals surface area (Å²) >= 11 is 1.42. The number of aromatic nitrogens is 1. The molecule has 194 valence electrons. The fourth-order valence-electron chi connectivity index (χ4n) is 4.38. The van der Waals surface area contributed by atoms with E-state index in [0.29, 0.717) is 5.01 Å². The minimum Gasteiger partial charge on any atom is -0.323 e. The Morgan fingerprint density at radius 2 is 1.86 bits per heavy atom. The second kappa shape index (κ2) is 14.3. The van der Waals surface area contributed by atoms with Gasteiger partial charge >= 0.3 is 0 Å². The first-order valence-electron chi connectivity index (χ1n) is 12.8. The predicted octanol–water partition coefficient (Wildman–Crippen LogP) is 8.90. The Hall–Kier alpha value is -3.49. The molecule has 1 aliphatic rings. The summed E-state index contributed by atoms with van der Waals surface area (Å²) in [5.74, 6) is 0.123. The Morgan fingerprint density at radius 1 is 1.16 bits per heavy atom. The normalized spacial score (nSPS) is 17.9. The van der Waals surface area contributed by atoms with Crippen molar-refractivity contribution < 1.29 is 4.79 Å². The molecule has 1 amide bonds. The van der Waals surface area contributed by atoms with Gasteiger partial charge in [-0.05, 0) is 62.3 Å². The van der Waals surface area contributed by atoms with Crippen LogP contribution in [0.3, 0.4) is 0 Å². The van der Waals surface area contributed by atoms with Crippen LogP contribution in [0.15, 0.2) is 94.5 Å². The first-order chi connectivity index (χ1) is 17.7. The van der Waals surface area contributed by atoms with Crippen molar-refractivity contribution in [1.82, 2.24) is 4.98 Å². The quantitative estimate of drug-likeness (QED) is 0.297. The standard InChI is InChI=1S/C30H33N3OS.C2H6/c1-21(10-9-11-22(2)18-28(34)32-24-12-7-6-8-13-24)14-15-26-23(3)25(16-17-30(26,4)5)27-20-35-29(19-31)33-27;1-2/h6-15,18,20,25H,16-17H2,1-5H3,(H,32,34);1-2H3/b11-9+,15-14+,21-10+,22-18-;. The lowest BCUT2D eigenvalue weighted by Crippen LogP contribution is -2.23. The minimum absolute atomic E-state index is 0.0900. The number of hydrogen-bond donors (Lipinski definition) is 1. The molecule has 1 atom stereocenters. The Morgan fingerprint density at radius 3 is 2.51 bits per heavy atom. The molecule has 3 rings (SSSR count). The number of anilines is 1. The highest BCUT2D eigenvalue weighted by atomic mass is 32.1. The summed E-state index contributed by atoms with van der Waals surface area (Å²) in [6, 6.07) is 11.6. The molecule has 0 saturated heterocycles. The molecular weight excluding hydrogens is 474 g/mol. The second-order valence-electron chi connectivity index (χ2n) is 9.61. The van der Waals surface area contributed by atoms with Crippen LogP contribution in [-0.4, -0.2) is 10.9 Å². The van der Waals surface area contributed by atoms with Crippen molar-refractivity contribution in [1.29, 1.82) is 5.26 Å². The van der Waals surface area contributed by atoms with Crippen LogP contribution in [0.25, 0.3) is 0 Å².